The molecule has 0 aromatic heterocycles. The lowest BCUT2D eigenvalue weighted by molar-refractivity contribution is -0.151. The molecule has 0 N–H and O–H groups in total. The Labute approximate surface area is 104 Å². The van der Waals surface area contributed by atoms with E-state index in [0.29, 0.717) is 16.9 Å². The Bertz CT molecular complexity index is 518. The first kappa shape index (κ1) is 12.2. The van der Waals surface area contributed by atoms with Crippen molar-refractivity contribution in [3.05, 3.63) is 41.5 Å². The standard InChI is InChI=1S/C13H12O5/c1-8-6-11(17-12(8)14)18-13(15)9-4-3-5-10(7-9)16-2/h3-7,11H,1-2H3/t11-/m0/s1. The molecule has 0 bridgehead atoms. The van der Waals surface area contributed by atoms with Gasteiger partial charge in [-0.15, -0.1) is 0 Å². The van der Waals surface area contributed by atoms with Crippen LogP contribution in [0, 0.1) is 0 Å². The van der Waals surface area contributed by atoms with Crippen molar-refractivity contribution < 1.29 is 23.8 Å². The van der Waals surface area contributed by atoms with E-state index in [4.69, 9.17) is 14.2 Å². The predicted octanol–water partition coefficient (Wildman–Crippen LogP) is 1.68. The quantitative estimate of drug-likeness (QED) is 0.761. The minimum absolute atomic E-state index is 0.336. The average Bonchev–Trinajstić information content (AvgIpc) is 2.68. The molecule has 2 rings (SSSR count). The van der Waals surface area contributed by atoms with E-state index < -0.39 is 18.2 Å². The largest absolute Gasteiger partial charge is 0.497 e. The van der Waals surface area contributed by atoms with Gasteiger partial charge in [0.15, 0.2) is 0 Å². The highest BCUT2D eigenvalue weighted by atomic mass is 16.7. The molecule has 0 unspecified atom stereocenters. The zero-order chi connectivity index (χ0) is 13.1. The van der Waals surface area contributed by atoms with Crippen molar-refractivity contribution >= 4 is 11.9 Å². The Balaban J connectivity index is 2.06. The Morgan fingerprint density at radius 3 is 2.78 bits per heavy atom. The summed E-state index contributed by atoms with van der Waals surface area (Å²) in [6.07, 6.45) is 0.511. The fourth-order valence-corrected chi connectivity index (χ4v) is 1.49. The lowest BCUT2D eigenvalue weighted by Crippen LogP contribution is -2.17. The highest BCUT2D eigenvalue weighted by molar-refractivity contribution is 5.92. The van der Waals surface area contributed by atoms with Crippen LogP contribution < -0.4 is 4.74 Å². The van der Waals surface area contributed by atoms with Crippen LogP contribution in [0.2, 0.25) is 0 Å². The van der Waals surface area contributed by atoms with Crippen LogP contribution in [0.5, 0.6) is 5.75 Å². The molecule has 0 radical (unpaired) electrons. The summed E-state index contributed by atoms with van der Waals surface area (Å²) in [4.78, 5) is 22.9. The molecule has 0 fully saturated rings. The fourth-order valence-electron chi connectivity index (χ4n) is 1.49. The minimum atomic E-state index is -0.948. The number of benzene rings is 1. The number of carbonyl (C=O) groups is 2. The third-order valence-electron chi connectivity index (χ3n) is 2.46. The average molecular weight is 248 g/mol. The van der Waals surface area contributed by atoms with Gasteiger partial charge in [0, 0.05) is 11.6 Å². The lowest BCUT2D eigenvalue weighted by atomic mass is 10.2. The maximum atomic E-state index is 11.8. The lowest BCUT2D eigenvalue weighted by Gasteiger charge is -2.10. The Hall–Kier alpha value is -2.30. The molecule has 18 heavy (non-hydrogen) atoms. The van der Waals surface area contributed by atoms with Gasteiger partial charge in [-0.3, -0.25) is 0 Å². The second-order valence-electron chi connectivity index (χ2n) is 3.76. The Morgan fingerprint density at radius 2 is 2.17 bits per heavy atom. The summed E-state index contributed by atoms with van der Waals surface area (Å²) >= 11 is 0. The van der Waals surface area contributed by atoms with E-state index in [1.54, 1.807) is 31.2 Å². The highest BCUT2D eigenvalue weighted by Crippen LogP contribution is 2.18. The molecule has 5 heteroatoms. The molecular formula is C13H12O5. The van der Waals surface area contributed by atoms with Crippen LogP contribution in [-0.2, 0) is 14.3 Å². The third kappa shape index (κ3) is 2.51. The van der Waals surface area contributed by atoms with E-state index in [1.807, 2.05) is 0 Å². The van der Waals surface area contributed by atoms with Crippen LogP contribution in [0.1, 0.15) is 17.3 Å². The van der Waals surface area contributed by atoms with Crippen LogP contribution in [0.25, 0.3) is 0 Å². The Morgan fingerprint density at radius 1 is 1.39 bits per heavy atom. The molecule has 5 nitrogen and oxygen atoms in total. The maximum absolute atomic E-state index is 11.8. The van der Waals surface area contributed by atoms with Crippen molar-refractivity contribution in [2.24, 2.45) is 0 Å². The number of hydrogen-bond donors (Lipinski definition) is 0. The molecule has 0 saturated carbocycles. The summed E-state index contributed by atoms with van der Waals surface area (Å²) in [6, 6.07) is 6.54. The van der Waals surface area contributed by atoms with Crippen molar-refractivity contribution in [1.29, 1.82) is 0 Å². The minimum Gasteiger partial charge on any atom is -0.497 e. The molecule has 1 aromatic rings. The molecule has 1 atom stereocenters. The highest BCUT2D eigenvalue weighted by Gasteiger charge is 2.25. The molecule has 0 spiro atoms. The summed E-state index contributed by atoms with van der Waals surface area (Å²) in [5, 5.41) is 0. The van der Waals surface area contributed by atoms with Gasteiger partial charge in [0.05, 0.1) is 12.7 Å². The summed E-state index contributed by atoms with van der Waals surface area (Å²) in [5.41, 5.74) is 0.766. The van der Waals surface area contributed by atoms with E-state index in [2.05, 4.69) is 0 Å². The van der Waals surface area contributed by atoms with Crippen molar-refractivity contribution in [2.75, 3.05) is 7.11 Å². The number of cyclic esters (lactones) is 1. The number of hydrogen-bond acceptors (Lipinski definition) is 5. The van der Waals surface area contributed by atoms with Gasteiger partial charge in [0.1, 0.15) is 5.75 Å². The molecule has 0 amide bonds. The van der Waals surface area contributed by atoms with E-state index in [-0.39, 0.29) is 0 Å². The van der Waals surface area contributed by atoms with Crippen LogP contribution >= 0.6 is 0 Å². The van der Waals surface area contributed by atoms with Crippen LogP contribution in [0.4, 0.5) is 0 Å². The smallest absolute Gasteiger partial charge is 0.341 e. The van der Waals surface area contributed by atoms with Gasteiger partial charge in [0.25, 0.3) is 6.29 Å². The van der Waals surface area contributed by atoms with Gasteiger partial charge >= 0.3 is 11.9 Å². The van der Waals surface area contributed by atoms with Crippen molar-refractivity contribution in [3.63, 3.8) is 0 Å². The van der Waals surface area contributed by atoms with Gasteiger partial charge in [-0.05, 0) is 25.1 Å². The van der Waals surface area contributed by atoms with Crippen molar-refractivity contribution in [3.8, 4) is 5.75 Å². The molecule has 1 aliphatic heterocycles. The fraction of sp³-hybridized carbons (Fsp3) is 0.231. The molecular weight excluding hydrogens is 236 g/mol. The van der Waals surface area contributed by atoms with Crippen LogP contribution in [0.3, 0.4) is 0 Å². The second kappa shape index (κ2) is 4.91. The number of ether oxygens (including phenoxy) is 3. The normalized spacial score (nSPS) is 18.0. The SMILES string of the molecule is COc1cccc(C(=O)O[C@H]2C=C(C)C(=O)O2)c1. The van der Waals surface area contributed by atoms with E-state index in [1.165, 1.54) is 13.2 Å². The van der Waals surface area contributed by atoms with Gasteiger partial charge < -0.3 is 14.2 Å². The predicted molar refractivity (Wildman–Crippen MR) is 62.0 cm³/mol. The van der Waals surface area contributed by atoms with Crippen molar-refractivity contribution in [2.45, 2.75) is 13.2 Å². The van der Waals surface area contributed by atoms with Gasteiger partial charge in [-0.25, -0.2) is 9.59 Å². The first-order valence-corrected chi connectivity index (χ1v) is 5.34. The molecule has 0 saturated heterocycles. The van der Waals surface area contributed by atoms with E-state index in [0.717, 1.165) is 0 Å². The number of esters is 2. The number of carbonyl (C=O) groups excluding carboxylic acids is 2. The van der Waals surface area contributed by atoms with E-state index in [9.17, 15) is 9.59 Å². The van der Waals surface area contributed by atoms with Gasteiger partial charge in [0.2, 0.25) is 0 Å². The van der Waals surface area contributed by atoms with Crippen LogP contribution in [0.15, 0.2) is 35.9 Å². The van der Waals surface area contributed by atoms with E-state index >= 15 is 0 Å². The second-order valence-corrected chi connectivity index (χ2v) is 3.76. The summed E-state index contributed by atoms with van der Waals surface area (Å²) in [7, 11) is 1.51. The summed E-state index contributed by atoms with van der Waals surface area (Å²) < 4.78 is 14.8. The number of rotatable bonds is 3. The molecule has 1 heterocycles. The Kier molecular flexibility index (Phi) is 3.32. The zero-order valence-electron chi connectivity index (χ0n) is 10.0. The molecule has 1 aromatic carbocycles. The number of methoxy groups -OCH3 is 1. The molecule has 0 aliphatic carbocycles. The van der Waals surface area contributed by atoms with Crippen LogP contribution in [-0.4, -0.2) is 25.3 Å². The summed E-state index contributed by atoms with van der Waals surface area (Å²) in [6.45, 7) is 1.60. The first-order chi connectivity index (χ1) is 8.60. The monoisotopic (exact) mass is 248 g/mol. The summed E-state index contributed by atoms with van der Waals surface area (Å²) in [5.74, 6) is -0.490. The van der Waals surface area contributed by atoms with Gasteiger partial charge in [-0.2, -0.15) is 0 Å². The third-order valence-corrected chi connectivity index (χ3v) is 2.46. The topological polar surface area (TPSA) is 61.8 Å². The molecule has 94 valence electrons. The zero-order valence-corrected chi connectivity index (χ0v) is 10.0. The van der Waals surface area contributed by atoms with Crippen molar-refractivity contribution in [1.82, 2.24) is 0 Å². The van der Waals surface area contributed by atoms with Gasteiger partial charge in [-0.1, -0.05) is 6.07 Å². The first-order valence-electron chi connectivity index (χ1n) is 5.34. The molecule has 1 aliphatic rings. The maximum Gasteiger partial charge on any atom is 0.341 e.